The first-order valence-electron chi connectivity index (χ1n) is 5.71. The second kappa shape index (κ2) is 6.34. The van der Waals surface area contributed by atoms with Crippen LogP contribution in [0.15, 0.2) is 0 Å². The largest absolute Gasteiger partial charge is 0.478 e. The third kappa shape index (κ3) is 3.43. The second-order valence-corrected chi connectivity index (χ2v) is 4.71. The average Bonchev–Trinajstić information content (AvgIpc) is 2.67. The number of nitrogens with one attached hydrogen (secondary N) is 2. The van der Waals surface area contributed by atoms with Crippen LogP contribution < -0.4 is 10.6 Å². The maximum Gasteiger partial charge on any atom is 0.340 e. The Kier molecular flexibility index (Phi) is 5.08. The van der Waals surface area contributed by atoms with E-state index >= 15 is 0 Å². The molecule has 18 heavy (non-hydrogen) atoms. The summed E-state index contributed by atoms with van der Waals surface area (Å²) in [6, 6.07) is -0.491. The lowest BCUT2D eigenvalue weighted by Crippen LogP contribution is -2.37. The molecule has 7 heteroatoms. The maximum absolute atomic E-state index is 11.7. The first-order chi connectivity index (χ1) is 8.47. The Morgan fingerprint density at radius 1 is 1.50 bits per heavy atom. The molecule has 0 radical (unpaired) electrons. The van der Waals surface area contributed by atoms with Crippen LogP contribution in [0.4, 0.5) is 5.00 Å². The molecule has 0 spiro atoms. The summed E-state index contributed by atoms with van der Waals surface area (Å²) in [5, 5.41) is 15.1. The molecule has 0 aliphatic heterocycles. The first kappa shape index (κ1) is 14.4. The van der Waals surface area contributed by atoms with Gasteiger partial charge in [0.15, 0.2) is 0 Å². The fourth-order valence-corrected chi connectivity index (χ4v) is 2.26. The van der Waals surface area contributed by atoms with Crippen LogP contribution in [0.2, 0.25) is 0 Å². The van der Waals surface area contributed by atoms with E-state index in [0.717, 1.165) is 18.0 Å². The number of aromatic nitrogens is 1. The number of carbonyl (C=O) groups is 2. The third-order valence-corrected chi connectivity index (χ3v) is 3.24. The van der Waals surface area contributed by atoms with Crippen molar-refractivity contribution in [2.45, 2.75) is 33.2 Å². The van der Waals surface area contributed by atoms with Crippen molar-refractivity contribution < 1.29 is 14.7 Å². The molecule has 0 aliphatic rings. The molecule has 1 unspecified atom stereocenters. The zero-order chi connectivity index (χ0) is 13.7. The standard InChI is InChI=1S/C11H17N3O3S/c1-4-5-12-9(15)7(3)13-10-8(11(16)17)6(2)14-18-10/h7,13H,4-5H2,1-3H3,(H,12,15)(H,16,17). The third-order valence-electron chi connectivity index (χ3n) is 2.37. The van der Waals surface area contributed by atoms with Crippen molar-refractivity contribution in [1.29, 1.82) is 0 Å². The van der Waals surface area contributed by atoms with Crippen molar-refractivity contribution in [3.05, 3.63) is 11.3 Å². The number of rotatable bonds is 6. The van der Waals surface area contributed by atoms with Gasteiger partial charge < -0.3 is 15.7 Å². The molecule has 0 bridgehead atoms. The predicted octanol–water partition coefficient (Wildman–Crippen LogP) is 1.48. The van der Waals surface area contributed by atoms with Gasteiger partial charge in [-0.1, -0.05) is 6.92 Å². The zero-order valence-corrected chi connectivity index (χ0v) is 11.4. The SMILES string of the molecule is CCCNC(=O)C(C)Nc1snc(C)c1C(=O)O. The Labute approximate surface area is 110 Å². The lowest BCUT2D eigenvalue weighted by molar-refractivity contribution is -0.121. The van der Waals surface area contributed by atoms with Crippen molar-refractivity contribution in [2.24, 2.45) is 0 Å². The van der Waals surface area contributed by atoms with E-state index in [2.05, 4.69) is 15.0 Å². The lowest BCUT2D eigenvalue weighted by atomic mass is 10.2. The molecular weight excluding hydrogens is 254 g/mol. The quantitative estimate of drug-likeness (QED) is 0.729. The summed E-state index contributed by atoms with van der Waals surface area (Å²) in [4.78, 5) is 22.7. The highest BCUT2D eigenvalue weighted by atomic mass is 32.1. The summed E-state index contributed by atoms with van der Waals surface area (Å²) in [6.07, 6.45) is 0.860. The van der Waals surface area contributed by atoms with Crippen LogP contribution >= 0.6 is 11.5 Å². The van der Waals surface area contributed by atoms with Crippen LogP contribution in [0, 0.1) is 6.92 Å². The van der Waals surface area contributed by atoms with Gasteiger partial charge in [0.2, 0.25) is 5.91 Å². The molecule has 0 saturated carbocycles. The number of carboxylic acid groups (broad SMARTS) is 1. The van der Waals surface area contributed by atoms with Gasteiger partial charge in [0.25, 0.3) is 0 Å². The number of aryl methyl sites for hydroxylation is 1. The Balaban J connectivity index is 2.73. The minimum atomic E-state index is -1.04. The van der Waals surface area contributed by atoms with Crippen molar-refractivity contribution in [2.75, 3.05) is 11.9 Å². The van der Waals surface area contributed by atoms with Crippen LogP contribution in [0.5, 0.6) is 0 Å². The van der Waals surface area contributed by atoms with Gasteiger partial charge in [0, 0.05) is 6.54 Å². The van der Waals surface area contributed by atoms with E-state index < -0.39 is 12.0 Å². The molecular formula is C11H17N3O3S. The fourth-order valence-electron chi connectivity index (χ4n) is 1.38. The number of anilines is 1. The topological polar surface area (TPSA) is 91.3 Å². The zero-order valence-electron chi connectivity index (χ0n) is 10.6. The monoisotopic (exact) mass is 271 g/mol. The molecule has 6 nitrogen and oxygen atoms in total. The molecule has 3 N–H and O–H groups in total. The van der Waals surface area contributed by atoms with Crippen molar-refractivity contribution in [3.8, 4) is 0 Å². The molecule has 1 heterocycles. The van der Waals surface area contributed by atoms with E-state index in [1.165, 1.54) is 0 Å². The molecule has 1 atom stereocenters. The number of hydrogen-bond acceptors (Lipinski definition) is 5. The number of hydrogen-bond donors (Lipinski definition) is 3. The number of nitrogens with zero attached hydrogens (tertiary/aromatic N) is 1. The Morgan fingerprint density at radius 3 is 2.72 bits per heavy atom. The van der Waals surface area contributed by atoms with Crippen LogP contribution in [0.1, 0.15) is 36.3 Å². The molecule has 0 aliphatic carbocycles. The number of amides is 1. The molecule has 1 rings (SSSR count). The van der Waals surface area contributed by atoms with Gasteiger partial charge in [0.1, 0.15) is 16.6 Å². The lowest BCUT2D eigenvalue weighted by Gasteiger charge is -2.13. The van der Waals surface area contributed by atoms with Crippen LogP contribution in [-0.2, 0) is 4.79 Å². The van der Waals surface area contributed by atoms with Crippen LogP contribution in [-0.4, -0.2) is 33.9 Å². The minimum Gasteiger partial charge on any atom is -0.478 e. The summed E-state index contributed by atoms with van der Waals surface area (Å²) >= 11 is 1.05. The molecule has 1 aromatic rings. The summed E-state index contributed by atoms with van der Waals surface area (Å²) in [5.41, 5.74) is 0.589. The van der Waals surface area contributed by atoms with Crippen LogP contribution in [0.3, 0.4) is 0 Å². The number of aromatic carboxylic acids is 1. The van der Waals surface area contributed by atoms with Crippen molar-refractivity contribution in [1.82, 2.24) is 9.69 Å². The van der Waals surface area contributed by atoms with Crippen LogP contribution in [0.25, 0.3) is 0 Å². The van der Waals surface area contributed by atoms with E-state index in [-0.39, 0.29) is 11.5 Å². The Bertz CT molecular complexity index is 445. The molecule has 1 aromatic heterocycles. The Morgan fingerprint density at radius 2 is 2.17 bits per heavy atom. The van der Waals surface area contributed by atoms with Gasteiger partial charge in [-0.3, -0.25) is 4.79 Å². The summed E-state index contributed by atoms with van der Waals surface area (Å²) < 4.78 is 3.98. The first-order valence-corrected chi connectivity index (χ1v) is 6.48. The molecule has 0 fully saturated rings. The van der Waals surface area contributed by atoms with Gasteiger partial charge in [-0.15, -0.1) is 0 Å². The van der Waals surface area contributed by atoms with Crippen molar-refractivity contribution in [3.63, 3.8) is 0 Å². The van der Waals surface area contributed by atoms with E-state index in [1.54, 1.807) is 13.8 Å². The normalized spacial score (nSPS) is 11.9. The summed E-state index contributed by atoms with van der Waals surface area (Å²) in [6.45, 7) is 5.89. The maximum atomic E-state index is 11.7. The van der Waals surface area contributed by atoms with Gasteiger partial charge in [0.05, 0.1) is 5.69 Å². The summed E-state index contributed by atoms with van der Waals surface area (Å²) in [5.74, 6) is -1.19. The van der Waals surface area contributed by atoms with E-state index in [4.69, 9.17) is 5.11 Å². The average molecular weight is 271 g/mol. The smallest absolute Gasteiger partial charge is 0.340 e. The molecule has 1 amide bonds. The molecule has 0 aromatic carbocycles. The molecule has 100 valence electrons. The Hall–Kier alpha value is -1.63. The van der Waals surface area contributed by atoms with E-state index in [1.807, 2.05) is 6.92 Å². The number of carboxylic acids is 1. The van der Waals surface area contributed by atoms with Gasteiger partial charge >= 0.3 is 5.97 Å². The number of carbonyl (C=O) groups excluding carboxylic acids is 1. The summed E-state index contributed by atoms with van der Waals surface area (Å²) in [7, 11) is 0. The highest BCUT2D eigenvalue weighted by Gasteiger charge is 2.21. The van der Waals surface area contributed by atoms with Gasteiger partial charge in [-0.05, 0) is 31.8 Å². The predicted molar refractivity (Wildman–Crippen MR) is 70.2 cm³/mol. The highest BCUT2D eigenvalue weighted by molar-refractivity contribution is 7.10. The van der Waals surface area contributed by atoms with E-state index in [9.17, 15) is 9.59 Å². The highest BCUT2D eigenvalue weighted by Crippen LogP contribution is 2.24. The fraction of sp³-hybridized carbons (Fsp3) is 0.545. The van der Waals surface area contributed by atoms with Crippen molar-refractivity contribution >= 4 is 28.4 Å². The van der Waals surface area contributed by atoms with Gasteiger partial charge in [-0.25, -0.2) is 4.79 Å². The van der Waals surface area contributed by atoms with Gasteiger partial charge in [-0.2, -0.15) is 4.37 Å². The minimum absolute atomic E-state index is 0.134. The van der Waals surface area contributed by atoms with E-state index in [0.29, 0.717) is 17.2 Å². The molecule has 0 saturated heterocycles. The second-order valence-electron chi connectivity index (χ2n) is 3.93.